The normalized spacial score (nSPS) is 15.5. The molecular weight excluding hydrogens is 428 g/mol. The molecule has 186 valence electrons. The topological polar surface area (TPSA) is 15.7 Å². The Labute approximate surface area is 212 Å². The predicted molar refractivity (Wildman–Crippen MR) is 152 cm³/mol. The van der Waals surface area contributed by atoms with E-state index >= 15 is 0 Å². The summed E-state index contributed by atoms with van der Waals surface area (Å²) in [6.07, 6.45) is 0.212. The fraction of sp³-hybridized carbons (Fsp3) is 0.438. The second kappa shape index (κ2) is 9.60. The maximum absolute atomic E-state index is 5.98. The first-order chi connectivity index (χ1) is 16.6. The molecule has 1 atom stereocenters. The molecule has 0 amide bonds. The number of benzene rings is 3. The first-order valence-electron chi connectivity index (χ1n) is 13.0. The van der Waals surface area contributed by atoms with Crippen molar-refractivity contribution < 1.29 is 4.74 Å². The highest BCUT2D eigenvalue weighted by Gasteiger charge is 2.33. The molecule has 3 nitrogen and oxygen atoms in total. The van der Waals surface area contributed by atoms with Crippen LogP contribution < -0.4 is 14.5 Å². The van der Waals surface area contributed by atoms with Crippen molar-refractivity contribution in [2.24, 2.45) is 0 Å². The van der Waals surface area contributed by atoms with E-state index in [4.69, 9.17) is 4.74 Å². The van der Waals surface area contributed by atoms with Crippen LogP contribution in [0.1, 0.15) is 88.5 Å². The Morgan fingerprint density at radius 1 is 0.771 bits per heavy atom. The molecule has 0 saturated carbocycles. The van der Waals surface area contributed by atoms with Crippen molar-refractivity contribution in [1.82, 2.24) is 0 Å². The predicted octanol–water partition coefficient (Wildman–Crippen LogP) is 8.97. The van der Waals surface area contributed by atoms with Crippen LogP contribution in [-0.4, -0.2) is 20.3 Å². The minimum atomic E-state index is 0.212. The van der Waals surface area contributed by atoms with Gasteiger partial charge < -0.3 is 14.5 Å². The van der Waals surface area contributed by atoms with Gasteiger partial charge in [0.2, 0.25) is 0 Å². The number of fused-ring (bicyclic) bond motifs is 1. The summed E-state index contributed by atoms with van der Waals surface area (Å²) >= 11 is 0. The lowest BCUT2D eigenvalue weighted by Crippen LogP contribution is -2.36. The van der Waals surface area contributed by atoms with Crippen molar-refractivity contribution in [3.05, 3.63) is 70.8 Å². The Balaban J connectivity index is 2.02. The quantitative estimate of drug-likeness (QED) is 0.357. The molecule has 3 aromatic rings. The van der Waals surface area contributed by atoms with Crippen LogP contribution in [0.4, 0.5) is 17.1 Å². The van der Waals surface area contributed by atoms with Crippen molar-refractivity contribution in [2.75, 3.05) is 24.0 Å². The van der Waals surface area contributed by atoms with Crippen molar-refractivity contribution in [3.63, 3.8) is 0 Å². The van der Waals surface area contributed by atoms with Crippen LogP contribution in [0.25, 0.3) is 11.1 Å². The van der Waals surface area contributed by atoms with E-state index in [-0.39, 0.29) is 6.17 Å². The SMILES string of the molecule is COc1cc(-c2c(C(C)C)cc(C(C)C)cc2C(C)C)cc(N2c3ccccc3N(C)[C@H]2C)c1C. The van der Waals surface area contributed by atoms with Gasteiger partial charge in [-0.05, 0) is 83.7 Å². The maximum atomic E-state index is 5.98. The van der Waals surface area contributed by atoms with Crippen molar-refractivity contribution in [2.45, 2.75) is 79.3 Å². The lowest BCUT2D eigenvalue weighted by molar-refractivity contribution is 0.412. The Bertz CT molecular complexity index is 1200. The summed E-state index contributed by atoms with van der Waals surface area (Å²) in [6, 6.07) is 18.2. The van der Waals surface area contributed by atoms with Gasteiger partial charge in [-0.1, -0.05) is 65.8 Å². The van der Waals surface area contributed by atoms with Gasteiger partial charge in [-0.3, -0.25) is 0 Å². The molecule has 0 aliphatic carbocycles. The van der Waals surface area contributed by atoms with E-state index in [2.05, 4.69) is 121 Å². The largest absolute Gasteiger partial charge is 0.496 e. The van der Waals surface area contributed by atoms with Crippen LogP contribution in [0.3, 0.4) is 0 Å². The second-order valence-electron chi connectivity index (χ2n) is 11.0. The van der Waals surface area contributed by atoms with Gasteiger partial charge in [0.1, 0.15) is 11.9 Å². The number of ether oxygens (including phenoxy) is 1. The van der Waals surface area contributed by atoms with E-state index in [1.165, 1.54) is 50.4 Å². The van der Waals surface area contributed by atoms with Gasteiger partial charge in [-0.15, -0.1) is 0 Å². The van der Waals surface area contributed by atoms with E-state index in [9.17, 15) is 0 Å². The Kier molecular flexibility index (Phi) is 6.90. The third-order valence-corrected chi connectivity index (χ3v) is 7.69. The molecule has 0 saturated heterocycles. The fourth-order valence-electron chi connectivity index (χ4n) is 5.44. The number of para-hydroxylation sites is 2. The summed E-state index contributed by atoms with van der Waals surface area (Å²) in [5.74, 6) is 2.29. The van der Waals surface area contributed by atoms with Crippen molar-refractivity contribution in [3.8, 4) is 16.9 Å². The minimum Gasteiger partial charge on any atom is -0.496 e. The van der Waals surface area contributed by atoms with E-state index in [0.29, 0.717) is 17.8 Å². The Morgan fingerprint density at radius 3 is 1.86 bits per heavy atom. The van der Waals surface area contributed by atoms with E-state index in [1.807, 2.05) is 0 Å². The third-order valence-electron chi connectivity index (χ3n) is 7.69. The molecule has 0 unspecified atom stereocenters. The highest BCUT2D eigenvalue weighted by atomic mass is 16.5. The number of anilines is 3. The Morgan fingerprint density at radius 2 is 1.34 bits per heavy atom. The monoisotopic (exact) mass is 470 g/mol. The van der Waals surface area contributed by atoms with E-state index < -0.39 is 0 Å². The number of hydrogen-bond acceptors (Lipinski definition) is 3. The van der Waals surface area contributed by atoms with Gasteiger partial charge >= 0.3 is 0 Å². The zero-order chi connectivity index (χ0) is 25.6. The van der Waals surface area contributed by atoms with Gasteiger partial charge in [0.15, 0.2) is 0 Å². The van der Waals surface area contributed by atoms with E-state index in [0.717, 1.165) is 5.75 Å². The molecule has 0 aromatic heterocycles. The molecule has 0 bridgehead atoms. The first kappa shape index (κ1) is 25.2. The summed E-state index contributed by atoms with van der Waals surface area (Å²) < 4.78 is 5.98. The van der Waals surface area contributed by atoms with Crippen LogP contribution in [0.15, 0.2) is 48.5 Å². The molecule has 0 spiro atoms. The number of methoxy groups -OCH3 is 1. The molecule has 4 rings (SSSR count). The minimum absolute atomic E-state index is 0.212. The maximum Gasteiger partial charge on any atom is 0.124 e. The number of hydrogen-bond donors (Lipinski definition) is 0. The molecular formula is C32H42N2O. The lowest BCUT2D eigenvalue weighted by Gasteiger charge is -2.31. The smallest absolute Gasteiger partial charge is 0.124 e. The molecule has 3 aromatic carbocycles. The number of nitrogens with zero attached hydrogens (tertiary/aromatic N) is 2. The van der Waals surface area contributed by atoms with Gasteiger partial charge in [-0.25, -0.2) is 0 Å². The van der Waals surface area contributed by atoms with Crippen LogP contribution in [-0.2, 0) is 0 Å². The molecule has 3 heteroatoms. The highest BCUT2D eigenvalue weighted by molar-refractivity contribution is 5.88. The van der Waals surface area contributed by atoms with Crippen molar-refractivity contribution in [1.29, 1.82) is 0 Å². The standard InChI is InChI=1S/C32H42N2O/c1-19(2)24-15-26(20(3)4)32(27(16-24)21(5)6)25-17-30(22(7)31(18-25)35-10)34-23(8)33(9)28-13-11-12-14-29(28)34/h11-21,23H,1-10H3/t23-/m1/s1. The molecule has 1 aliphatic heterocycles. The van der Waals surface area contributed by atoms with Crippen LogP contribution >= 0.6 is 0 Å². The highest BCUT2D eigenvalue weighted by Crippen LogP contribution is 2.48. The summed E-state index contributed by atoms with van der Waals surface area (Å²) in [5, 5.41) is 0. The number of rotatable bonds is 6. The third kappa shape index (κ3) is 4.30. The van der Waals surface area contributed by atoms with Crippen LogP contribution in [0.2, 0.25) is 0 Å². The average Bonchev–Trinajstić information content (AvgIpc) is 3.08. The van der Waals surface area contributed by atoms with Crippen LogP contribution in [0, 0.1) is 6.92 Å². The molecule has 0 N–H and O–H groups in total. The van der Waals surface area contributed by atoms with Gasteiger partial charge in [-0.2, -0.15) is 0 Å². The Hall–Kier alpha value is -2.94. The summed E-state index contributed by atoms with van der Waals surface area (Å²) in [7, 11) is 3.97. The zero-order valence-corrected chi connectivity index (χ0v) is 23.2. The molecule has 0 fully saturated rings. The second-order valence-corrected chi connectivity index (χ2v) is 11.0. The van der Waals surface area contributed by atoms with Gasteiger partial charge in [0.25, 0.3) is 0 Å². The molecule has 35 heavy (non-hydrogen) atoms. The zero-order valence-electron chi connectivity index (χ0n) is 23.2. The summed E-state index contributed by atoms with van der Waals surface area (Å²) in [6.45, 7) is 18.3. The van der Waals surface area contributed by atoms with Gasteiger partial charge in [0.05, 0.1) is 24.2 Å². The van der Waals surface area contributed by atoms with Gasteiger partial charge in [0, 0.05) is 12.6 Å². The van der Waals surface area contributed by atoms with E-state index in [1.54, 1.807) is 7.11 Å². The van der Waals surface area contributed by atoms with Crippen molar-refractivity contribution >= 4 is 17.1 Å². The summed E-state index contributed by atoms with van der Waals surface area (Å²) in [5.41, 5.74) is 11.8. The average molecular weight is 471 g/mol. The first-order valence-corrected chi connectivity index (χ1v) is 13.0. The molecule has 1 heterocycles. The van der Waals surface area contributed by atoms with Crippen LogP contribution in [0.5, 0.6) is 5.75 Å². The summed E-state index contributed by atoms with van der Waals surface area (Å²) in [4.78, 5) is 4.81. The fourth-order valence-corrected chi connectivity index (χ4v) is 5.44. The molecule has 1 aliphatic rings. The lowest BCUT2D eigenvalue weighted by atomic mass is 9.81. The molecule has 0 radical (unpaired) electrons.